The summed E-state index contributed by atoms with van der Waals surface area (Å²) in [6, 6.07) is 9.09. The molecule has 6 heteroatoms. The minimum Gasteiger partial charge on any atom is -0.478 e. The van der Waals surface area contributed by atoms with Gasteiger partial charge in [0.25, 0.3) is 0 Å². The molecule has 4 rings (SSSR count). The van der Waals surface area contributed by atoms with Crippen LogP contribution in [0.1, 0.15) is 43.0 Å². The van der Waals surface area contributed by atoms with Crippen molar-refractivity contribution in [3.8, 4) is 0 Å². The third-order valence-electron chi connectivity index (χ3n) is 6.05. The summed E-state index contributed by atoms with van der Waals surface area (Å²) in [5, 5.41) is 10.3. The van der Waals surface area contributed by atoms with Gasteiger partial charge in [-0.25, -0.2) is 9.78 Å². The Hall–Kier alpha value is -2.63. The van der Waals surface area contributed by atoms with Gasteiger partial charge in [-0.3, -0.25) is 4.79 Å². The van der Waals surface area contributed by atoms with E-state index in [0.29, 0.717) is 22.9 Å². The molecule has 2 aromatic rings. The van der Waals surface area contributed by atoms with Gasteiger partial charge in [-0.05, 0) is 38.3 Å². The Bertz CT molecular complexity index is 897. The third kappa shape index (κ3) is 3.24. The molecule has 6 nitrogen and oxygen atoms in total. The number of para-hydroxylation sites is 1. The highest BCUT2D eigenvalue weighted by Crippen LogP contribution is 2.40. The van der Waals surface area contributed by atoms with Gasteiger partial charge in [0.15, 0.2) is 0 Å². The van der Waals surface area contributed by atoms with Crippen LogP contribution in [-0.2, 0) is 4.79 Å². The monoisotopic (exact) mass is 367 g/mol. The summed E-state index contributed by atoms with van der Waals surface area (Å²) in [7, 11) is 0. The van der Waals surface area contributed by atoms with Crippen molar-refractivity contribution >= 4 is 28.6 Å². The molecule has 0 bridgehead atoms. The fourth-order valence-electron chi connectivity index (χ4n) is 4.63. The maximum Gasteiger partial charge on any atom is 0.336 e. The van der Waals surface area contributed by atoms with Crippen molar-refractivity contribution < 1.29 is 14.7 Å². The highest BCUT2D eigenvalue weighted by atomic mass is 16.4. The quantitative estimate of drug-likeness (QED) is 0.902. The lowest BCUT2D eigenvalue weighted by Gasteiger charge is -2.48. The van der Waals surface area contributed by atoms with Gasteiger partial charge in [0, 0.05) is 43.4 Å². The maximum atomic E-state index is 12.1. The Morgan fingerprint density at radius 3 is 2.85 bits per heavy atom. The van der Waals surface area contributed by atoms with E-state index in [1.165, 1.54) is 0 Å². The topological polar surface area (TPSA) is 73.7 Å². The van der Waals surface area contributed by atoms with Crippen molar-refractivity contribution in [1.29, 1.82) is 0 Å². The first-order valence-corrected chi connectivity index (χ1v) is 9.67. The molecule has 1 atom stereocenters. The summed E-state index contributed by atoms with van der Waals surface area (Å²) in [4.78, 5) is 32.8. The van der Waals surface area contributed by atoms with E-state index in [2.05, 4.69) is 4.90 Å². The van der Waals surface area contributed by atoms with Gasteiger partial charge in [0.2, 0.25) is 5.91 Å². The van der Waals surface area contributed by atoms with Crippen LogP contribution in [0.5, 0.6) is 0 Å². The molecule has 2 aliphatic rings. The highest BCUT2D eigenvalue weighted by molar-refractivity contribution is 6.03. The molecular weight excluding hydrogens is 342 g/mol. The molecule has 142 valence electrons. The van der Waals surface area contributed by atoms with Crippen LogP contribution >= 0.6 is 0 Å². The van der Waals surface area contributed by atoms with Crippen molar-refractivity contribution in [1.82, 2.24) is 9.88 Å². The second-order valence-corrected chi connectivity index (χ2v) is 7.78. The Labute approximate surface area is 158 Å². The van der Waals surface area contributed by atoms with Crippen molar-refractivity contribution in [2.45, 2.75) is 32.6 Å². The van der Waals surface area contributed by atoms with Crippen LogP contribution in [0.15, 0.2) is 30.3 Å². The van der Waals surface area contributed by atoms with Gasteiger partial charge >= 0.3 is 5.97 Å². The number of carbonyl (C=O) groups excluding carboxylic acids is 1. The van der Waals surface area contributed by atoms with Crippen LogP contribution in [0.3, 0.4) is 0 Å². The van der Waals surface area contributed by atoms with Gasteiger partial charge < -0.3 is 14.9 Å². The van der Waals surface area contributed by atoms with E-state index in [9.17, 15) is 14.7 Å². The molecule has 2 saturated heterocycles. The molecule has 2 aliphatic heterocycles. The van der Waals surface area contributed by atoms with Crippen LogP contribution < -0.4 is 4.90 Å². The second-order valence-electron chi connectivity index (χ2n) is 7.78. The highest BCUT2D eigenvalue weighted by Gasteiger charge is 2.41. The summed E-state index contributed by atoms with van der Waals surface area (Å²) >= 11 is 0. The molecule has 2 fully saturated rings. The smallest absolute Gasteiger partial charge is 0.336 e. The number of hydrogen-bond donors (Lipinski definition) is 1. The average Bonchev–Trinajstić information content (AvgIpc) is 2.69. The molecule has 1 aromatic carbocycles. The van der Waals surface area contributed by atoms with E-state index in [1.807, 2.05) is 30.0 Å². The zero-order chi connectivity index (χ0) is 19.0. The van der Waals surface area contributed by atoms with E-state index >= 15 is 0 Å². The van der Waals surface area contributed by atoms with Gasteiger partial charge in [-0.2, -0.15) is 0 Å². The van der Waals surface area contributed by atoms with E-state index in [-0.39, 0.29) is 11.3 Å². The van der Waals surface area contributed by atoms with Gasteiger partial charge in [-0.15, -0.1) is 0 Å². The predicted octanol–water partition coefficient (Wildman–Crippen LogP) is 3.16. The van der Waals surface area contributed by atoms with Crippen LogP contribution in [0, 0.1) is 5.41 Å². The molecule has 1 aromatic heterocycles. The molecule has 1 N–H and O–H groups in total. The number of amides is 1. The number of rotatable bonds is 3. The number of carboxylic acids is 1. The fourth-order valence-corrected chi connectivity index (χ4v) is 4.63. The maximum absolute atomic E-state index is 12.1. The molecular formula is C21H25N3O3. The van der Waals surface area contributed by atoms with E-state index < -0.39 is 5.97 Å². The number of fused-ring (bicyclic) bond motifs is 1. The van der Waals surface area contributed by atoms with Gasteiger partial charge in [0.05, 0.1) is 11.1 Å². The number of pyridine rings is 1. The second kappa shape index (κ2) is 6.83. The number of carbonyl (C=O) groups is 2. The number of aromatic nitrogens is 1. The number of likely N-dealkylation sites (tertiary alicyclic amines) is 1. The lowest BCUT2D eigenvalue weighted by Crippen LogP contribution is -2.54. The van der Waals surface area contributed by atoms with Crippen molar-refractivity contribution in [2.24, 2.45) is 5.41 Å². The molecule has 1 unspecified atom stereocenters. The molecule has 1 amide bonds. The molecule has 27 heavy (non-hydrogen) atoms. The number of aromatic carboxylic acids is 1. The minimum atomic E-state index is -0.929. The third-order valence-corrected chi connectivity index (χ3v) is 6.05. The summed E-state index contributed by atoms with van der Waals surface area (Å²) in [5.41, 5.74) is 1.09. The van der Waals surface area contributed by atoms with Crippen LogP contribution in [-0.4, -0.2) is 53.0 Å². The Morgan fingerprint density at radius 2 is 2.07 bits per heavy atom. The van der Waals surface area contributed by atoms with E-state index in [4.69, 9.17) is 4.98 Å². The zero-order valence-corrected chi connectivity index (χ0v) is 15.6. The number of benzene rings is 1. The summed E-state index contributed by atoms with van der Waals surface area (Å²) in [5.74, 6) is 0.0457. The van der Waals surface area contributed by atoms with Crippen molar-refractivity contribution in [2.75, 3.05) is 31.1 Å². The number of nitrogens with zero attached hydrogens (tertiary/aromatic N) is 3. The number of anilines is 1. The lowest BCUT2D eigenvalue weighted by atomic mass is 9.73. The zero-order valence-electron chi connectivity index (χ0n) is 15.6. The fraction of sp³-hybridized carbons (Fsp3) is 0.476. The number of hydrogen-bond acceptors (Lipinski definition) is 4. The van der Waals surface area contributed by atoms with Crippen LogP contribution in [0.25, 0.3) is 10.9 Å². The normalized spacial score (nSPS) is 23.2. The molecule has 3 heterocycles. The van der Waals surface area contributed by atoms with Crippen LogP contribution in [0.2, 0.25) is 0 Å². The van der Waals surface area contributed by atoms with Gasteiger partial charge in [0.1, 0.15) is 5.82 Å². The van der Waals surface area contributed by atoms with E-state index in [1.54, 1.807) is 12.1 Å². The van der Waals surface area contributed by atoms with Crippen molar-refractivity contribution in [3.05, 3.63) is 35.9 Å². The molecule has 0 radical (unpaired) electrons. The number of piperidine rings is 2. The standard InChI is InChI=1S/C21H25N3O3/c1-2-23-13-21(10-8-19(23)25)9-5-11-24(14-21)18-12-16(20(26)27)15-6-3-4-7-17(15)22-18/h3-4,6-7,12H,2,5,8-11,13-14H2,1H3,(H,26,27). The summed E-state index contributed by atoms with van der Waals surface area (Å²) in [6.07, 6.45) is 3.64. The Morgan fingerprint density at radius 1 is 1.26 bits per heavy atom. The SMILES string of the molecule is CCN1CC2(CCCN(c3cc(C(=O)O)c4ccccc4n3)C2)CCC1=O. The molecule has 0 aliphatic carbocycles. The van der Waals surface area contributed by atoms with E-state index in [0.717, 1.165) is 51.3 Å². The average molecular weight is 367 g/mol. The van der Waals surface area contributed by atoms with Crippen LogP contribution in [0.4, 0.5) is 5.82 Å². The molecule has 1 spiro atoms. The summed E-state index contributed by atoms with van der Waals surface area (Å²) < 4.78 is 0. The Kier molecular flexibility index (Phi) is 4.50. The first-order valence-electron chi connectivity index (χ1n) is 9.67. The largest absolute Gasteiger partial charge is 0.478 e. The predicted molar refractivity (Wildman–Crippen MR) is 104 cm³/mol. The summed E-state index contributed by atoms with van der Waals surface area (Å²) in [6.45, 7) is 5.26. The first kappa shape index (κ1) is 17.8. The van der Waals surface area contributed by atoms with Gasteiger partial charge in [-0.1, -0.05) is 18.2 Å². The lowest BCUT2D eigenvalue weighted by molar-refractivity contribution is -0.137. The number of carboxylic acid groups (broad SMARTS) is 1. The van der Waals surface area contributed by atoms with Crippen molar-refractivity contribution in [3.63, 3.8) is 0 Å². The minimum absolute atomic E-state index is 0.0822. The Balaban J connectivity index is 1.67. The first-order chi connectivity index (χ1) is 13.0. The molecule has 0 saturated carbocycles.